The molecule has 1 saturated heterocycles. The molecule has 25 heavy (non-hydrogen) atoms. The molecule has 1 atom stereocenters. The molecule has 2 amide bonds. The SMILES string of the molecule is CCCCNC(=O)Nc1ccc([C@H](C(=O)O)N2CCC(O)CC2)cc1. The number of aliphatic hydroxyl groups is 1. The fourth-order valence-corrected chi connectivity index (χ4v) is 2.96. The van der Waals surface area contributed by atoms with Crippen LogP contribution < -0.4 is 10.6 Å². The Bertz CT molecular complexity index is 568. The Labute approximate surface area is 148 Å². The number of rotatable bonds is 7. The highest BCUT2D eigenvalue weighted by atomic mass is 16.4. The van der Waals surface area contributed by atoms with Gasteiger partial charge in [0.05, 0.1) is 6.10 Å². The van der Waals surface area contributed by atoms with Gasteiger partial charge in [0.1, 0.15) is 6.04 Å². The van der Waals surface area contributed by atoms with Gasteiger partial charge >= 0.3 is 12.0 Å². The van der Waals surface area contributed by atoms with Crippen molar-refractivity contribution in [3.05, 3.63) is 29.8 Å². The van der Waals surface area contributed by atoms with Crippen molar-refractivity contribution in [2.45, 2.75) is 44.8 Å². The summed E-state index contributed by atoms with van der Waals surface area (Å²) in [5.41, 5.74) is 1.29. The largest absolute Gasteiger partial charge is 0.480 e. The lowest BCUT2D eigenvalue weighted by atomic mass is 10.0. The van der Waals surface area contributed by atoms with Crippen LogP contribution in [0.4, 0.5) is 10.5 Å². The summed E-state index contributed by atoms with van der Waals surface area (Å²) in [5, 5.41) is 24.7. The number of aliphatic carboxylic acids is 1. The number of nitrogens with one attached hydrogen (secondary N) is 2. The summed E-state index contributed by atoms with van der Waals surface area (Å²) >= 11 is 0. The lowest BCUT2D eigenvalue weighted by Crippen LogP contribution is -2.41. The normalized spacial score (nSPS) is 17.0. The number of carboxylic acids is 1. The molecule has 1 heterocycles. The van der Waals surface area contributed by atoms with Gasteiger partial charge in [-0.3, -0.25) is 9.69 Å². The van der Waals surface area contributed by atoms with Crippen LogP contribution in [0.3, 0.4) is 0 Å². The highest BCUT2D eigenvalue weighted by Crippen LogP contribution is 2.26. The van der Waals surface area contributed by atoms with E-state index in [4.69, 9.17) is 0 Å². The molecule has 0 aliphatic carbocycles. The summed E-state index contributed by atoms with van der Waals surface area (Å²) in [5.74, 6) is -0.908. The molecule has 0 aromatic heterocycles. The minimum absolute atomic E-state index is 0.263. The molecule has 1 aliphatic rings. The molecule has 0 saturated carbocycles. The topological polar surface area (TPSA) is 102 Å². The second kappa shape index (κ2) is 9.39. The van der Waals surface area contributed by atoms with Gasteiger partial charge < -0.3 is 20.8 Å². The predicted octanol–water partition coefficient (Wildman–Crippen LogP) is 2.19. The molecule has 7 nitrogen and oxygen atoms in total. The predicted molar refractivity (Wildman–Crippen MR) is 95.6 cm³/mol. The summed E-state index contributed by atoms with van der Waals surface area (Å²) in [4.78, 5) is 25.3. The number of carbonyl (C=O) groups is 2. The summed E-state index contributed by atoms with van der Waals surface area (Å²) in [7, 11) is 0. The lowest BCUT2D eigenvalue weighted by Gasteiger charge is -2.34. The summed E-state index contributed by atoms with van der Waals surface area (Å²) in [6, 6.07) is 5.88. The molecular formula is C18H27N3O4. The van der Waals surface area contributed by atoms with Crippen LogP contribution in [-0.4, -0.2) is 52.9 Å². The fraction of sp³-hybridized carbons (Fsp3) is 0.556. The molecule has 2 rings (SSSR count). The Kier molecular flexibility index (Phi) is 7.21. The zero-order valence-corrected chi connectivity index (χ0v) is 14.6. The van der Waals surface area contributed by atoms with Gasteiger partial charge in [0, 0.05) is 25.3 Å². The van der Waals surface area contributed by atoms with Crippen molar-refractivity contribution in [3.63, 3.8) is 0 Å². The standard InChI is InChI=1S/C18H27N3O4/c1-2-3-10-19-18(25)20-14-6-4-13(5-7-14)16(17(23)24)21-11-8-15(22)9-12-21/h4-7,15-16,22H,2-3,8-12H2,1H3,(H,23,24)(H2,19,20,25)/t16-/m1/s1. The maximum Gasteiger partial charge on any atom is 0.325 e. The van der Waals surface area contributed by atoms with Crippen LogP contribution in [-0.2, 0) is 4.79 Å². The number of aliphatic hydroxyl groups excluding tert-OH is 1. The average Bonchev–Trinajstić information content (AvgIpc) is 2.58. The number of carboxylic acid groups (broad SMARTS) is 1. The van der Waals surface area contributed by atoms with E-state index >= 15 is 0 Å². The molecule has 4 N–H and O–H groups in total. The molecular weight excluding hydrogens is 322 g/mol. The number of anilines is 1. The van der Waals surface area contributed by atoms with Gasteiger partial charge in [-0.2, -0.15) is 0 Å². The Morgan fingerprint density at radius 2 is 1.88 bits per heavy atom. The second-order valence-electron chi connectivity index (χ2n) is 6.36. The van der Waals surface area contributed by atoms with Crippen LogP contribution in [0, 0.1) is 0 Å². The zero-order valence-electron chi connectivity index (χ0n) is 14.6. The van der Waals surface area contributed by atoms with E-state index in [1.165, 1.54) is 0 Å². The van der Waals surface area contributed by atoms with Gasteiger partial charge in [-0.1, -0.05) is 25.5 Å². The smallest absolute Gasteiger partial charge is 0.325 e. The maximum absolute atomic E-state index is 11.7. The molecule has 1 fully saturated rings. The number of nitrogens with zero attached hydrogens (tertiary/aromatic N) is 1. The number of urea groups is 1. The number of amides is 2. The molecule has 138 valence electrons. The molecule has 0 bridgehead atoms. The van der Waals surface area contributed by atoms with Crippen LogP contribution in [0.5, 0.6) is 0 Å². The van der Waals surface area contributed by atoms with Crippen LogP contribution in [0.25, 0.3) is 0 Å². The minimum Gasteiger partial charge on any atom is -0.480 e. The average molecular weight is 349 g/mol. The quantitative estimate of drug-likeness (QED) is 0.565. The number of benzene rings is 1. The monoisotopic (exact) mass is 349 g/mol. The van der Waals surface area contributed by atoms with E-state index in [9.17, 15) is 19.8 Å². The fourth-order valence-electron chi connectivity index (χ4n) is 2.96. The van der Waals surface area contributed by atoms with E-state index in [1.807, 2.05) is 4.90 Å². The van der Waals surface area contributed by atoms with E-state index in [2.05, 4.69) is 17.6 Å². The molecule has 0 radical (unpaired) electrons. The van der Waals surface area contributed by atoms with Crippen molar-refractivity contribution < 1.29 is 19.8 Å². The van der Waals surface area contributed by atoms with E-state index in [-0.39, 0.29) is 12.1 Å². The van der Waals surface area contributed by atoms with E-state index in [1.54, 1.807) is 24.3 Å². The first-order valence-electron chi connectivity index (χ1n) is 8.81. The number of piperidine rings is 1. The van der Waals surface area contributed by atoms with Crippen LogP contribution >= 0.6 is 0 Å². The Morgan fingerprint density at radius 1 is 1.24 bits per heavy atom. The number of carbonyl (C=O) groups excluding carboxylic acids is 1. The summed E-state index contributed by atoms with van der Waals surface area (Å²) in [6.07, 6.45) is 2.77. The Morgan fingerprint density at radius 3 is 2.44 bits per heavy atom. The highest BCUT2D eigenvalue weighted by Gasteiger charge is 2.30. The van der Waals surface area contributed by atoms with Gasteiger partial charge in [0.15, 0.2) is 0 Å². The minimum atomic E-state index is -0.908. The number of hydrogen-bond acceptors (Lipinski definition) is 4. The van der Waals surface area contributed by atoms with E-state index < -0.39 is 12.0 Å². The molecule has 7 heteroatoms. The van der Waals surface area contributed by atoms with Crippen LogP contribution in [0.15, 0.2) is 24.3 Å². The van der Waals surface area contributed by atoms with E-state index in [0.29, 0.717) is 43.7 Å². The first kappa shape index (κ1) is 19.2. The van der Waals surface area contributed by atoms with Crippen molar-refractivity contribution >= 4 is 17.7 Å². The van der Waals surface area contributed by atoms with Crippen molar-refractivity contribution in [1.29, 1.82) is 0 Å². The van der Waals surface area contributed by atoms with Crippen LogP contribution in [0.1, 0.15) is 44.2 Å². The molecule has 0 spiro atoms. The second-order valence-corrected chi connectivity index (χ2v) is 6.36. The molecule has 1 aromatic rings. The Hall–Kier alpha value is -2.12. The molecule has 1 aromatic carbocycles. The van der Waals surface area contributed by atoms with Crippen molar-refractivity contribution in [1.82, 2.24) is 10.2 Å². The van der Waals surface area contributed by atoms with E-state index in [0.717, 1.165) is 12.8 Å². The molecule has 0 unspecified atom stereocenters. The number of unbranched alkanes of at least 4 members (excludes halogenated alkanes) is 1. The van der Waals surface area contributed by atoms with Crippen LogP contribution in [0.2, 0.25) is 0 Å². The zero-order chi connectivity index (χ0) is 18.2. The third-order valence-electron chi connectivity index (χ3n) is 4.40. The summed E-state index contributed by atoms with van der Waals surface area (Å²) in [6.45, 7) is 3.79. The van der Waals surface area contributed by atoms with Gasteiger partial charge in [-0.15, -0.1) is 0 Å². The number of hydrogen-bond donors (Lipinski definition) is 4. The van der Waals surface area contributed by atoms with Gasteiger partial charge in [0.2, 0.25) is 0 Å². The highest BCUT2D eigenvalue weighted by molar-refractivity contribution is 5.89. The number of likely N-dealkylation sites (tertiary alicyclic amines) is 1. The van der Waals surface area contributed by atoms with Gasteiger partial charge in [-0.25, -0.2) is 4.79 Å². The first-order valence-corrected chi connectivity index (χ1v) is 8.81. The summed E-state index contributed by atoms with van der Waals surface area (Å²) < 4.78 is 0. The van der Waals surface area contributed by atoms with Gasteiger partial charge in [-0.05, 0) is 37.0 Å². The first-order chi connectivity index (χ1) is 12.0. The Balaban J connectivity index is 1.98. The van der Waals surface area contributed by atoms with Crippen molar-refractivity contribution in [3.8, 4) is 0 Å². The third-order valence-corrected chi connectivity index (χ3v) is 4.40. The molecule has 1 aliphatic heterocycles. The third kappa shape index (κ3) is 5.72. The van der Waals surface area contributed by atoms with Gasteiger partial charge in [0.25, 0.3) is 0 Å². The maximum atomic E-state index is 11.7. The van der Waals surface area contributed by atoms with Crippen molar-refractivity contribution in [2.75, 3.05) is 25.0 Å². The van der Waals surface area contributed by atoms with Crippen molar-refractivity contribution in [2.24, 2.45) is 0 Å². The lowest BCUT2D eigenvalue weighted by molar-refractivity contribution is -0.144.